The summed E-state index contributed by atoms with van der Waals surface area (Å²) in [5.74, 6) is 0.990. The molecule has 1 aliphatic carbocycles. The van der Waals surface area contributed by atoms with Crippen LogP contribution >= 0.6 is 23.1 Å². The topological polar surface area (TPSA) is 165 Å². The number of imide groups is 1. The highest BCUT2D eigenvalue weighted by Gasteiger charge is 2.61. The number of benzene rings is 3. The zero-order valence-corrected chi connectivity index (χ0v) is 41.1. The van der Waals surface area contributed by atoms with Crippen LogP contribution in [0.15, 0.2) is 71.5 Å². The van der Waals surface area contributed by atoms with Crippen LogP contribution in [0.3, 0.4) is 0 Å². The highest BCUT2D eigenvalue weighted by molar-refractivity contribution is 9.10. The molecule has 10 rings (SSSR count). The summed E-state index contributed by atoms with van der Waals surface area (Å²) < 4.78 is 20.2. The number of anilines is 6. The Morgan fingerprint density at radius 1 is 0.896 bits per heavy atom. The summed E-state index contributed by atoms with van der Waals surface area (Å²) in [6.45, 7) is 12.8. The predicted octanol–water partition coefficient (Wildman–Crippen LogP) is 7.11. The fourth-order valence-electron chi connectivity index (χ4n) is 10.8. The molecule has 4 fully saturated rings. The van der Waals surface area contributed by atoms with Crippen molar-refractivity contribution in [3.63, 3.8) is 0 Å². The molecule has 5 aliphatic rings. The van der Waals surface area contributed by atoms with Crippen LogP contribution in [0, 0.1) is 0 Å². The predicted molar refractivity (Wildman–Crippen MR) is 267 cm³/mol. The van der Waals surface area contributed by atoms with Gasteiger partial charge in [0.25, 0.3) is 0 Å². The lowest BCUT2D eigenvalue weighted by Crippen LogP contribution is -2.54. The molecule has 1 unspecified atom stereocenters. The van der Waals surface area contributed by atoms with E-state index < -0.39 is 18.6 Å². The van der Waals surface area contributed by atoms with Crippen LogP contribution in [0.5, 0.6) is 5.75 Å². The number of halogens is 1. The van der Waals surface area contributed by atoms with Crippen molar-refractivity contribution in [2.45, 2.75) is 75.8 Å². The van der Waals surface area contributed by atoms with Crippen LogP contribution in [0.1, 0.15) is 62.1 Å². The molecule has 17 heteroatoms. The van der Waals surface area contributed by atoms with Gasteiger partial charge in [-0.15, -0.1) is 0 Å². The van der Waals surface area contributed by atoms with Crippen LogP contribution in [-0.2, 0) is 37.2 Å². The fraction of sp³-hybridized carbons (Fsp3) is 0.440. The van der Waals surface area contributed by atoms with Crippen LogP contribution in [0.4, 0.5) is 34.5 Å². The number of amides is 3. The van der Waals surface area contributed by atoms with Gasteiger partial charge in [0.15, 0.2) is 0 Å². The molecule has 0 bridgehead atoms. The van der Waals surface area contributed by atoms with Gasteiger partial charge in [-0.05, 0) is 109 Å². The molecule has 15 nitrogen and oxygen atoms in total. The second kappa shape index (κ2) is 18.2. The number of aryl methyl sites for hydroxylation is 1. The molecule has 3 amide bonds. The van der Waals surface area contributed by atoms with Gasteiger partial charge in [-0.3, -0.25) is 34.5 Å². The first kappa shape index (κ1) is 45.4. The Labute approximate surface area is 399 Å². The number of carbonyl (C=O) groups is 3. The molecular weight excluding hydrogens is 931 g/mol. The van der Waals surface area contributed by atoms with Crippen molar-refractivity contribution >= 4 is 91.5 Å². The average molecular weight is 990 g/mol. The molecule has 1 saturated carbocycles. The third-order valence-corrected chi connectivity index (χ3v) is 16.6. The smallest absolute Gasteiger partial charge is 0.249 e. The SMILES string of the molecule is CCc1cc(Nc2ncc(Br)c(Nc3cnc4ccccc4c3P(C)(C)=O)n2)c(OC)cc1N1CCC(N2CCN(CCc3ccc4c(c3)C3(CC3)C(=O)N4C3CCC(=O)NC3=O)CC2)CC1. The van der Waals surface area contributed by atoms with Crippen LogP contribution in [0.2, 0.25) is 0 Å². The van der Waals surface area contributed by atoms with Crippen molar-refractivity contribution in [1.29, 1.82) is 0 Å². The van der Waals surface area contributed by atoms with Crippen molar-refractivity contribution in [1.82, 2.24) is 30.1 Å². The molecule has 5 aromatic rings. The molecule has 4 aliphatic heterocycles. The lowest BCUT2D eigenvalue weighted by Gasteiger charge is -2.43. The van der Waals surface area contributed by atoms with Gasteiger partial charge < -0.3 is 29.7 Å². The molecule has 3 aromatic carbocycles. The highest BCUT2D eigenvalue weighted by Crippen LogP contribution is 2.58. The van der Waals surface area contributed by atoms with Gasteiger partial charge in [0, 0.05) is 92.6 Å². The lowest BCUT2D eigenvalue weighted by atomic mass is 9.95. The summed E-state index contributed by atoms with van der Waals surface area (Å²) in [4.78, 5) is 61.7. The van der Waals surface area contributed by atoms with Gasteiger partial charge >= 0.3 is 0 Å². The summed E-state index contributed by atoms with van der Waals surface area (Å²) in [5, 5.41) is 10.8. The van der Waals surface area contributed by atoms with Crippen molar-refractivity contribution < 1.29 is 23.7 Å². The third kappa shape index (κ3) is 8.82. The van der Waals surface area contributed by atoms with E-state index in [0.717, 1.165) is 117 Å². The second-order valence-corrected chi connectivity index (χ2v) is 23.0. The summed E-state index contributed by atoms with van der Waals surface area (Å²) in [6.07, 6.45) is 9.61. The number of ether oxygens (including phenoxy) is 1. The maximum absolute atomic E-state index is 13.7. The number of aromatic nitrogens is 3. The molecule has 6 heterocycles. The molecular formula is C50H58BrN10O5P. The number of rotatable bonds is 13. The Kier molecular flexibility index (Phi) is 12.4. The van der Waals surface area contributed by atoms with E-state index in [-0.39, 0.29) is 24.1 Å². The van der Waals surface area contributed by atoms with E-state index in [1.807, 2.05) is 30.3 Å². The third-order valence-electron chi connectivity index (χ3n) is 14.5. The molecule has 0 radical (unpaired) electrons. The maximum Gasteiger partial charge on any atom is 0.249 e. The first-order valence-corrected chi connectivity index (χ1v) is 27.0. The summed E-state index contributed by atoms with van der Waals surface area (Å²) in [6, 6.07) is 18.3. The van der Waals surface area contributed by atoms with Gasteiger partial charge in [-0.2, -0.15) is 4.98 Å². The Hall–Kier alpha value is -5.41. The van der Waals surface area contributed by atoms with E-state index in [1.165, 1.54) is 16.8 Å². The van der Waals surface area contributed by atoms with Crippen LogP contribution < -0.4 is 35.8 Å². The Balaban J connectivity index is 0.744. The second-order valence-electron chi connectivity index (χ2n) is 19.0. The zero-order chi connectivity index (χ0) is 46.6. The monoisotopic (exact) mass is 988 g/mol. The van der Waals surface area contributed by atoms with E-state index in [4.69, 9.17) is 9.72 Å². The van der Waals surface area contributed by atoms with Gasteiger partial charge in [-0.25, -0.2) is 4.98 Å². The van der Waals surface area contributed by atoms with Crippen molar-refractivity contribution in [3.8, 4) is 5.75 Å². The minimum absolute atomic E-state index is 0.0165. The summed E-state index contributed by atoms with van der Waals surface area (Å²) >= 11 is 3.61. The number of fused-ring (bicyclic) bond motifs is 3. The number of piperazine rings is 1. The van der Waals surface area contributed by atoms with E-state index in [9.17, 15) is 18.9 Å². The number of carbonyl (C=O) groups excluding carboxylic acids is 3. The standard InChI is InChI=1S/C50H58BrN10O5P/c1-5-32-27-38(55-49-53-29-36(51)46(57-49)54-39-30-52-37-9-7-6-8-34(37)45(39)67(3,4)65)43(66-2)28-42(32)60-20-15-33(16-21-60)59-24-22-58(23-25-59)19-14-31-10-11-40-35(26-31)50(17-18-50)48(64)61(40)41-12-13-44(62)56-47(41)63/h6-11,26-30,33,41H,5,12-25H2,1-4H3,(H,56,62,63)(H2,53,54,55,57). The van der Waals surface area contributed by atoms with Crippen LogP contribution in [0.25, 0.3) is 10.9 Å². The zero-order valence-electron chi connectivity index (χ0n) is 38.6. The quantitative estimate of drug-likeness (QED) is 0.0809. The number of nitrogens with zero attached hydrogens (tertiary/aromatic N) is 7. The minimum Gasteiger partial charge on any atom is -0.494 e. The van der Waals surface area contributed by atoms with E-state index in [2.05, 4.69) is 87.7 Å². The number of hydrogen-bond donors (Lipinski definition) is 3. The number of piperidine rings is 2. The lowest BCUT2D eigenvalue weighted by molar-refractivity contribution is -0.135. The van der Waals surface area contributed by atoms with Gasteiger partial charge in [0.05, 0.1) is 40.1 Å². The number of hydrogen-bond acceptors (Lipinski definition) is 13. The molecule has 350 valence electrons. The summed E-state index contributed by atoms with van der Waals surface area (Å²) in [5.41, 5.74) is 7.24. The van der Waals surface area contributed by atoms with Gasteiger partial charge in [0.1, 0.15) is 24.8 Å². The molecule has 2 aromatic heterocycles. The number of methoxy groups -OCH3 is 1. The number of nitrogens with one attached hydrogen (secondary N) is 3. The normalized spacial score (nSPS) is 20.1. The van der Waals surface area contributed by atoms with Gasteiger partial charge in [0.2, 0.25) is 23.7 Å². The fourth-order valence-corrected chi connectivity index (χ4v) is 12.5. The van der Waals surface area contributed by atoms with Crippen LogP contribution in [-0.4, -0.2) is 121 Å². The van der Waals surface area contributed by atoms with Gasteiger partial charge in [-0.1, -0.05) is 37.3 Å². The molecule has 67 heavy (non-hydrogen) atoms. The Morgan fingerprint density at radius 2 is 1.67 bits per heavy atom. The van der Waals surface area contributed by atoms with Crippen molar-refractivity contribution in [2.24, 2.45) is 0 Å². The average Bonchev–Trinajstić information content (AvgIpc) is 4.11. The van der Waals surface area contributed by atoms with E-state index in [1.54, 1.807) is 37.7 Å². The Morgan fingerprint density at radius 3 is 2.39 bits per heavy atom. The first-order valence-electron chi connectivity index (χ1n) is 23.6. The van der Waals surface area contributed by atoms with E-state index in [0.29, 0.717) is 40.1 Å². The number of para-hydroxylation sites is 1. The largest absolute Gasteiger partial charge is 0.494 e. The maximum atomic E-state index is 13.7. The van der Waals surface area contributed by atoms with Crippen molar-refractivity contribution in [3.05, 3.63) is 88.2 Å². The number of pyridine rings is 1. The van der Waals surface area contributed by atoms with Crippen molar-refractivity contribution in [2.75, 3.05) is 86.7 Å². The molecule has 3 N–H and O–H groups in total. The Bertz CT molecular complexity index is 2820. The first-order chi connectivity index (χ1) is 32.3. The van der Waals surface area contributed by atoms with E-state index >= 15 is 0 Å². The molecule has 1 spiro atoms. The summed E-state index contributed by atoms with van der Waals surface area (Å²) in [7, 11) is -1.02. The highest BCUT2D eigenvalue weighted by atomic mass is 79.9. The minimum atomic E-state index is -2.71. The molecule has 3 saturated heterocycles. The molecule has 1 atom stereocenters.